The van der Waals surface area contributed by atoms with Crippen LogP contribution in [-0.4, -0.2) is 39.9 Å². The third-order valence-electron chi connectivity index (χ3n) is 3.79. The van der Waals surface area contributed by atoms with Gasteiger partial charge in [-0.2, -0.15) is 0 Å². The molecule has 6 nitrogen and oxygen atoms in total. The summed E-state index contributed by atoms with van der Waals surface area (Å²) in [5.41, 5.74) is 4.00. The van der Waals surface area contributed by atoms with E-state index in [9.17, 15) is 4.79 Å². The maximum absolute atomic E-state index is 12.3. The number of para-hydroxylation sites is 1. The number of aromatic nitrogens is 3. The Morgan fingerprint density at radius 3 is 2.58 bits per heavy atom. The summed E-state index contributed by atoms with van der Waals surface area (Å²) in [5, 5.41) is 11.1. The van der Waals surface area contributed by atoms with Crippen molar-refractivity contribution in [1.29, 1.82) is 0 Å². The minimum absolute atomic E-state index is 0.0784. The molecule has 1 aromatic heterocycles. The first kappa shape index (κ1) is 16.1. The molecule has 124 valence electrons. The summed E-state index contributed by atoms with van der Waals surface area (Å²) >= 11 is 0. The molecule has 0 aliphatic heterocycles. The SMILES string of the molecule is CN(C)Cc1ccccc1CNC(=O)Cn1nnc2ccccc21. The number of carbonyl (C=O) groups excluding carboxylic acids is 1. The topological polar surface area (TPSA) is 63.1 Å². The summed E-state index contributed by atoms with van der Waals surface area (Å²) in [5.74, 6) is -0.0784. The van der Waals surface area contributed by atoms with E-state index < -0.39 is 0 Å². The van der Waals surface area contributed by atoms with Crippen molar-refractivity contribution >= 4 is 16.9 Å². The molecule has 3 aromatic rings. The smallest absolute Gasteiger partial charge is 0.242 e. The molecule has 0 radical (unpaired) electrons. The highest BCUT2D eigenvalue weighted by atomic mass is 16.2. The molecule has 0 saturated heterocycles. The average Bonchev–Trinajstić information content (AvgIpc) is 2.97. The van der Waals surface area contributed by atoms with Crippen LogP contribution in [-0.2, 0) is 24.4 Å². The first-order valence-electron chi connectivity index (χ1n) is 7.90. The normalized spacial score (nSPS) is 11.1. The Labute approximate surface area is 141 Å². The molecule has 0 bridgehead atoms. The highest BCUT2D eigenvalue weighted by Crippen LogP contribution is 2.11. The molecule has 1 heterocycles. The van der Waals surface area contributed by atoms with Gasteiger partial charge in [-0.1, -0.05) is 41.6 Å². The van der Waals surface area contributed by atoms with Gasteiger partial charge >= 0.3 is 0 Å². The van der Waals surface area contributed by atoms with Crippen molar-refractivity contribution in [3.05, 3.63) is 59.7 Å². The number of nitrogens with one attached hydrogen (secondary N) is 1. The largest absolute Gasteiger partial charge is 0.350 e. The lowest BCUT2D eigenvalue weighted by atomic mass is 10.1. The van der Waals surface area contributed by atoms with Crippen LogP contribution in [0.5, 0.6) is 0 Å². The van der Waals surface area contributed by atoms with Gasteiger partial charge in [0, 0.05) is 13.1 Å². The Morgan fingerprint density at radius 2 is 1.79 bits per heavy atom. The number of hydrogen-bond acceptors (Lipinski definition) is 4. The molecule has 2 aromatic carbocycles. The van der Waals surface area contributed by atoms with Crippen LogP contribution in [0.15, 0.2) is 48.5 Å². The summed E-state index contributed by atoms with van der Waals surface area (Å²) in [6.07, 6.45) is 0. The fourth-order valence-electron chi connectivity index (χ4n) is 2.64. The number of nitrogens with zero attached hydrogens (tertiary/aromatic N) is 4. The molecule has 24 heavy (non-hydrogen) atoms. The Kier molecular flexibility index (Phi) is 4.86. The van der Waals surface area contributed by atoms with Crippen LogP contribution < -0.4 is 5.32 Å². The van der Waals surface area contributed by atoms with Gasteiger partial charge in [0.25, 0.3) is 0 Å². The van der Waals surface area contributed by atoms with Gasteiger partial charge < -0.3 is 10.2 Å². The molecule has 1 amide bonds. The third kappa shape index (κ3) is 3.78. The van der Waals surface area contributed by atoms with Crippen molar-refractivity contribution in [2.45, 2.75) is 19.6 Å². The first-order chi connectivity index (χ1) is 11.6. The van der Waals surface area contributed by atoms with E-state index in [2.05, 4.69) is 26.6 Å². The van der Waals surface area contributed by atoms with Gasteiger partial charge in [0.15, 0.2) is 0 Å². The maximum atomic E-state index is 12.3. The maximum Gasteiger partial charge on any atom is 0.242 e. The van der Waals surface area contributed by atoms with Gasteiger partial charge in [-0.25, -0.2) is 4.68 Å². The molecule has 0 atom stereocenters. The van der Waals surface area contributed by atoms with Gasteiger partial charge in [0.1, 0.15) is 12.1 Å². The number of fused-ring (bicyclic) bond motifs is 1. The second kappa shape index (κ2) is 7.23. The Hall–Kier alpha value is -2.73. The van der Waals surface area contributed by atoms with Crippen LogP contribution in [0.4, 0.5) is 0 Å². The minimum Gasteiger partial charge on any atom is -0.350 e. The van der Waals surface area contributed by atoms with Crippen LogP contribution in [0.25, 0.3) is 11.0 Å². The third-order valence-corrected chi connectivity index (χ3v) is 3.79. The number of rotatable bonds is 6. The number of benzene rings is 2. The fraction of sp³-hybridized carbons (Fsp3) is 0.278. The molecule has 0 spiro atoms. The van der Waals surface area contributed by atoms with E-state index in [1.165, 1.54) is 5.56 Å². The van der Waals surface area contributed by atoms with Crippen LogP contribution in [0.3, 0.4) is 0 Å². The number of carbonyl (C=O) groups is 1. The predicted octanol–water partition coefficient (Wildman–Crippen LogP) is 1.81. The van der Waals surface area contributed by atoms with Crippen LogP contribution >= 0.6 is 0 Å². The quantitative estimate of drug-likeness (QED) is 0.751. The molecular weight excluding hydrogens is 302 g/mol. The van der Waals surface area contributed by atoms with Gasteiger partial charge in [0.2, 0.25) is 5.91 Å². The second-order valence-corrected chi connectivity index (χ2v) is 6.02. The van der Waals surface area contributed by atoms with Gasteiger partial charge in [-0.05, 0) is 37.4 Å². The zero-order valence-electron chi connectivity index (χ0n) is 13.9. The van der Waals surface area contributed by atoms with Gasteiger partial charge in [-0.15, -0.1) is 5.10 Å². The molecule has 0 aliphatic rings. The first-order valence-corrected chi connectivity index (χ1v) is 7.90. The monoisotopic (exact) mass is 323 g/mol. The molecule has 0 saturated carbocycles. The average molecular weight is 323 g/mol. The second-order valence-electron chi connectivity index (χ2n) is 6.02. The van der Waals surface area contributed by atoms with Crippen molar-refractivity contribution < 1.29 is 4.79 Å². The summed E-state index contributed by atoms with van der Waals surface area (Å²) in [4.78, 5) is 14.4. The van der Waals surface area contributed by atoms with E-state index >= 15 is 0 Å². The van der Waals surface area contributed by atoms with E-state index in [0.717, 1.165) is 23.1 Å². The summed E-state index contributed by atoms with van der Waals surface area (Å²) in [6, 6.07) is 15.8. The van der Waals surface area contributed by atoms with Crippen molar-refractivity contribution in [2.24, 2.45) is 0 Å². The Bertz CT molecular complexity index is 840. The number of hydrogen-bond donors (Lipinski definition) is 1. The van der Waals surface area contributed by atoms with Crippen LogP contribution in [0.1, 0.15) is 11.1 Å². The lowest BCUT2D eigenvalue weighted by Crippen LogP contribution is -2.28. The standard InChI is InChI=1S/C18H21N5O/c1-22(2)12-15-8-4-3-7-14(15)11-19-18(24)13-23-17-10-6-5-9-16(17)20-21-23/h3-10H,11-13H2,1-2H3,(H,19,24). The van der Waals surface area contributed by atoms with Crippen molar-refractivity contribution in [3.8, 4) is 0 Å². The van der Waals surface area contributed by atoms with Crippen molar-refractivity contribution in [2.75, 3.05) is 14.1 Å². The zero-order valence-corrected chi connectivity index (χ0v) is 13.9. The van der Waals surface area contributed by atoms with Gasteiger partial charge in [0.05, 0.1) is 5.52 Å². The molecule has 3 rings (SSSR count). The summed E-state index contributed by atoms with van der Waals surface area (Å²) < 4.78 is 1.62. The fourth-order valence-corrected chi connectivity index (χ4v) is 2.64. The predicted molar refractivity (Wildman–Crippen MR) is 93.2 cm³/mol. The molecule has 0 unspecified atom stereocenters. The lowest BCUT2D eigenvalue weighted by molar-refractivity contribution is -0.121. The van der Waals surface area contributed by atoms with E-state index in [0.29, 0.717) is 6.54 Å². The van der Waals surface area contributed by atoms with Gasteiger partial charge in [-0.3, -0.25) is 4.79 Å². The summed E-state index contributed by atoms with van der Waals surface area (Å²) in [7, 11) is 4.07. The molecule has 0 aliphatic carbocycles. The lowest BCUT2D eigenvalue weighted by Gasteiger charge is -2.14. The Morgan fingerprint density at radius 1 is 1.08 bits per heavy atom. The van der Waals surface area contributed by atoms with Crippen LogP contribution in [0.2, 0.25) is 0 Å². The molecule has 1 N–H and O–H groups in total. The molecule has 0 fully saturated rings. The summed E-state index contributed by atoms with van der Waals surface area (Å²) in [6.45, 7) is 1.52. The molecule has 6 heteroatoms. The van der Waals surface area contributed by atoms with Crippen LogP contribution in [0, 0.1) is 0 Å². The highest BCUT2D eigenvalue weighted by molar-refractivity contribution is 5.79. The highest BCUT2D eigenvalue weighted by Gasteiger charge is 2.09. The minimum atomic E-state index is -0.0784. The zero-order chi connectivity index (χ0) is 16.9. The van der Waals surface area contributed by atoms with E-state index in [-0.39, 0.29) is 12.5 Å². The molecular formula is C18H21N5O. The number of amides is 1. The van der Waals surface area contributed by atoms with E-state index in [1.54, 1.807) is 4.68 Å². The van der Waals surface area contributed by atoms with E-state index in [4.69, 9.17) is 0 Å². The Balaban J connectivity index is 1.64. The van der Waals surface area contributed by atoms with E-state index in [1.807, 2.05) is 56.6 Å². The van der Waals surface area contributed by atoms with Crippen molar-refractivity contribution in [1.82, 2.24) is 25.2 Å². The van der Waals surface area contributed by atoms with Crippen molar-refractivity contribution in [3.63, 3.8) is 0 Å².